The fourth-order valence-electron chi connectivity index (χ4n) is 2.15. The molecule has 100 valence electrons. The molecule has 1 aromatic rings. The molecule has 0 aromatic heterocycles. The monoisotopic (exact) mass is 247 g/mol. The Morgan fingerprint density at radius 3 is 2.50 bits per heavy atom. The third-order valence-electron chi connectivity index (χ3n) is 3.32. The summed E-state index contributed by atoms with van der Waals surface area (Å²) in [6, 6.07) is 6.05. The Bertz CT molecular complexity index is 398. The van der Waals surface area contributed by atoms with Crippen molar-refractivity contribution in [1.29, 1.82) is 0 Å². The van der Waals surface area contributed by atoms with E-state index in [2.05, 4.69) is 31.7 Å². The SMILES string of the molecule is CCCCN(CC)CC(=O)c1ccc(C)cc1C. The average Bonchev–Trinajstić information content (AvgIpc) is 2.34. The zero-order chi connectivity index (χ0) is 13.5. The number of benzene rings is 1. The second kappa shape index (κ2) is 7.32. The maximum atomic E-state index is 12.3. The Kier molecular flexibility index (Phi) is 6.06. The van der Waals surface area contributed by atoms with E-state index in [4.69, 9.17) is 0 Å². The highest BCUT2D eigenvalue weighted by atomic mass is 16.1. The van der Waals surface area contributed by atoms with E-state index in [0.717, 1.165) is 30.6 Å². The zero-order valence-corrected chi connectivity index (χ0v) is 12.1. The van der Waals surface area contributed by atoms with E-state index in [9.17, 15) is 4.79 Å². The fourth-order valence-corrected chi connectivity index (χ4v) is 2.15. The predicted octanol–water partition coefficient (Wildman–Crippen LogP) is 3.61. The second-order valence-electron chi connectivity index (χ2n) is 4.96. The van der Waals surface area contributed by atoms with Crippen molar-refractivity contribution >= 4 is 5.78 Å². The van der Waals surface area contributed by atoms with Gasteiger partial charge in [-0.25, -0.2) is 0 Å². The summed E-state index contributed by atoms with van der Waals surface area (Å²) in [4.78, 5) is 14.5. The van der Waals surface area contributed by atoms with Gasteiger partial charge in [0.2, 0.25) is 0 Å². The largest absolute Gasteiger partial charge is 0.296 e. The molecule has 18 heavy (non-hydrogen) atoms. The molecule has 0 aliphatic carbocycles. The van der Waals surface area contributed by atoms with E-state index in [0.29, 0.717) is 6.54 Å². The molecular weight excluding hydrogens is 222 g/mol. The van der Waals surface area contributed by atoms with Crippen molar-refractivity contribution < 1.29 is 4.79 Å². The molecule has 0 atom stereocenters. The minimum Gasteiger partial charge on any atom is -0.296 e. The van der Waals surface area contributed by atoms with Crippen LogP contribution < -0.4 is 0 Å². The molecule has 0 spiro atoms. The lowest BCUT2D eigenvalue weighted by molar-refractivity contribution is 0.0932. The highest BCUT2D eigenvalue weighted by Gasteiger charge is 2.12. The number of carbonyl (C=O) groups excluding carboxylic acids is 1. The highest BCUT2D eigenvalue weighted by molar-refractivity contribution is 5.98. The molecule has 0 unspecified atom stereocenters. The first-order valence-corrected chi connectivity index (χ1v) is 6.91. The van der Waals surface area contributed by atoms with Gasteiger partial charge in [-0.3, -0.25) is 9.69 Å². The Morgan fingerprint density at radius 2 is 1.94 bits per heavy atom. The maximum Gasteiger partial charge on any atom is 0.177 e. The summed E-state index contributed by atoms with van der Waals surface area (Å²) in [6.07, 6.45) is 2.34. The molecule has 0 aliphatic heterocycles. The van der Waals surface area contributed by atoms with E-state index in [1.165, 1.54) is 12.0 Å². The van der Waals surface area contributed by atoms with Crippen LogP contribution in [0.3, 0.4) is 0 Å². The molecule has 0 bridgehead atoms. The van der Waals surface area contributed by atoms with Crippen molar-refractivity contribution in [2.75, 3.05) is 19.6 Å². The number of rotatable bonds is 7. The van der Waals surface area contributed by atoms with Gasteiger partial charge in [-0.15, -0.1) is 0 Å². The van der Waals surface area contributed by atoms with Crippen LogP contribution in [0, 0.1) is 13.8 Å². The standard InChI is InChI=1S/C16H25NO/c1-5-7-10-17(6-2)12-16(18)15-9-8-13(3)11-14(15)4/h8-9,11H,5-7,10,12H2,1-4H3. The average molecular weight is 247 g/mol. The van der Waals surface area contributed by atoms with E-state index in [1.54, 1.807) is 0 Å². The molecule has 1 aromatic carbocycles. The van der Waals surface area contributed by atoms with Crippen molar-refractivity contribution in [3.05, 3.63) is 34.9 Å². The van der Waals surface area contributed by atoms with Gasteiger partial charge < -0.3 is 0 Å². The quantitative estimate of drug-likeness (QED) is 0.686. The summed E-state index contributed by atoms with van der Waals surface area (Å²) in [5, 5.41) is 0. The molecule has 0 aliphatic rings. The van der Waals surface area contributed by atoms with Gasteiger partial charge in [0.15, 0.2) is 5.78 Å². The maximum absolute atomic E-state index is 12.3. The predicted molar refractivity (Wildman–Crippen MR) is 77.3 cm³/mol. The van der Waals surface area contributed by atoms with Crippen molar-refractivity contribution in [1.82, 2.24) is 4.90 Å². The first-order chi connectivity index (χ1) is 8.58. The molecule has 1 rings (SSSR count). The molecule has 2 heteroatoms. The number of aryl methyl sites for hydroxylation is 2. The zero-order valence-electron chi connectivity index (χ0n) is 12.1. The van der Waals surface area contributed by atoms with Crippen LogP contribution in [0.2, 0.25) is 0 Å². The number of hydrogen-bond donors (Lipinski definition) is 0. The van der Waals surface area contributed by atoms with Crippen LogP contribution in [-0.2, 0) is 0 Å². The second-order valence-corrected chi connectivity index (χ2v) is 4.96. The molecule has 0 saturated carbocycles. The van der Waals surface area contributed by atoms with Crippen LogP contribution in [0.25, 0.3) is 0 Å². The first-order valence-electron chi connectivity index (χ1n) is 6.91. The molecule has 0 N–H and O–H groups in total. The topological polar surface area (TPSA) is 20.3 Å². The molecule has 2 nitrogen and oxygen atoms in total. The summed E-state index contributed by atoms with van der Waals surface area (Å²) in [5.74, 6) is 0.241. The lowest BCUT2D eigenvalue weighted by atomic mass is 10.0. The summed E-state index contributed by atoms with van der Waals surface area (Å²) >= 11 is 0. The van der Waals surface area contributed by atoms with Crippen molar-refractivity contribution in [2.45, 2.75) is 40.5 Å². The van der Waals surface area contributed by atoms with Gasteiger partial charge in [-0.05, 0) is 38.9 Å². The van der Waals surface area contributed by atoms with Crippen molar-refractivity contribution in [3.8, 4) is 0 Å². The number of ketones is 1. The smallest absolute Gasteiger partial charge is 0.177 e. The molecule has 0 saturated heterocycles. The lowest BCUT2D eigenvalue weighted by Crippen LogP contribution is -2.31. The van der Waals surface area contributed by atoms with Gasteiger partial charge in [0.1, 0.15) is 0 Å². The van der Waals surface area contributed by atoms with Crippen LogP contribution in [0.5, 0.6) is 0 Å². The van der Waals surface area contributed by atoms with E-state index in [1.807, 2.05) is 19.1 Å². The van der Waals surface area contributed by atoms with Crippen LogP contribution in [0.4, 0.5) is 0 Å². The van der Waals surface area contributed by atoms with Crippen LogP contribution in [0.1, 0.15) is 48.2 Å². The van der Waals surface area contributed by atoms with E-state index in [-0.39, 0.29) is 5.78 Å². The number of carbonyl (C=O) groups is 1. The molecule has 0 heterocycles. The lowest BCUT2D eigenvalue weighted by Gasteiger charge is -2.19. The number of likely N-dealkylation sites (N-methyl/N-ethyl adjacent to an activating group) is 1. The van der Waals surface area contributed by atoms with Crippen molar-refractivity contribution in [2.24, 2.45) is 0 Å². The van der Waals surface area contributed by atoms with Gasteiger partial charge in [0, 0.05) is 5.56 Å². The third kappa shape index (κ3) is 4.26. The van der Waals surface area contributed by atoms with E-state index < -0.39 is 0 Å². The Balaban J connectivity index is 2.68. The van der Waals surface area contributed by atoms with E-state index >= 15 is 0 Å². The minimum atomic E-state index is 0.241. The Morgan fingerprint density at radius 1 is 1.22 bits per heavy atom. The van der Waals surface area contributed by atoms with Crippen LogP contribution in [-0.4, -0.2) is 30.3 Å². The summed E-state index contributed by atoms with van der Waals surface area (Å²) in [7, 11) is 0. The van der Waals surface area contributed by atoms with Crippen molar-refractivity contribution in [3.63, 3.8) is 0 Å². The fraction of sp³-hybridized carbons (Fsp3) is 0.562. The van der Waals surface area contributed by atoms with Crippen LogP contribution in [0.15, 0.2) is 18.2 Å². The van der Waals surface area contributed by atoms with Gasteiger partial charge in [0.05, 0.1) is 6.54 Å². The number of Topliss-reactive ketones (excluding diaryl/α,β-unsaturated/α-hetero) is 1. The molecule has 0 fully saturated rings. The van der Waals surface area contributed by atoms with Gasteiger partial charge in [0.25, 0.3) is 0 Å². The van der Waals surface area contributed by atoms with Gasteiger partial charge in [-0.1, -0.05) is 44.0 Å². The number of hydrogen-bond acceptors (Lipinski definition) is 2. The molecule has 0 radical (unpaired) electrons. The Hall–Kier alpha value is -1.15. The van der Waals surface area contributed by atoms with Crippen LogP contribution >= 0.6 is 0 Å². The third-order valence-corrected chi connectivity index (χ3v) is 3.32. The summed E-state index contributed by atoms with van der Waals surface area (Å²) in [5.41, 5.74) is 3.17. The Labute approximate surface area is 111 Å². The van der Waals surface area contributed by atoms with Gasteiger partial charge >= 0.3 is 0 Å². The molecule has 0 amide bonds. The first kappa shape index (κ1) is 14.9. The minimum absolute atomic E-state index is 0.241. The number of nitrogens with zero attached hydrogens (tertiary/aromatic N) is 1. The summed E-state index contributed by atoms with van der Waals surface area (Å²) in [6.45, 7) is 10.9. The number of unbranched alkanes of at least 4 members (excludes halogenated alkanes) is 1. The normalized spacial score (nSPS) is 10.9. The molecular formula is C16H25NO. The van der Waals surface area contributed by atoms with Gasteiger partial charge in [-0.2, -0.15) is 0 Å². The highest BCUT2D eigenvalue weighted by Crippen LogP contribution is 2.12. The summed E-state index contributed by atoms with van der Waals surface area (Å²) < 4.78 is 0.